The fraction of sp³-hybridized carbons (Fsp3) is 0.100. The van der Waals surface area contributed by atoms with Crippen LogP contribution in [0.3, 0.4) is 0 Å². The molecule has 0 bridgehead atoms. The van der Waals surface area contributed by atoms with Crippen LogP contribution in [0, 0.1) is 0 Å². The van der Waals surface area contributed by atoms with Gasteiger partial charge in [0.25, 0.3) is 0 Å². The SMILES string of the molecule is O=C1C(Cl)=C(Cl)Cc2ccccc21. The molecule has 0 amide bonds. The lowest BCUT2D eigenvalue weighted by molar-refractivity contribution is 0.103. The minimum Gasteiger partial charge on any atom is -0.288 e. The minimum atomic E-state index is -0.173. The number of halogens is 2. The van der Waals surface area contributed by atoms with Crippen LogP contribution in [-0.2, 0) is 6.42 Å². The topological polar surface area (TPSA) is 17.1 Å². The molecule has 13 heavy (non-hydrogen) atoms. The Balaban J connectivity index is 2.59. The molecule has 2 rings (SSSR count). The maximum atomic E-state index is 11.6. The van der Waals surface area contributed by atoms with E-state index < -0.39 is 0 Å². The van der Waals surface area contributed by atoms with Gasteiger partial charge in [0.2, 0.25) is 5.78 Å². The molecule has 66 valence electrons. The van der Waals surface area contributed by atoms with E-state index in [1.54, 1.807) is 6.07 Å². The molecule has 3 heteroatoms. The molecule has 0 saturated heterocycles. The number of allylic oxidation sites excluding steroid dienone is 2. The summed E-state index contributed by atoms with van der Waals surface area (Å²) in [6.45, 7) is 0. The summed E-state index contributed by atoms with van der Waals surface area (Å²) in [5, 5.41) is 0.589. The largest absolute Gasteiger partial charge is 0.288 e. The van der Waals surface area contributed by atoms with Crippen LogP contribution in [-0.4, -0.2) is 5.78 Å². The number of Topliss-reactive ketones (excluding diaryl/α,β-unsaturated/α-hetero) is 1. The average molecular weight is 213 g/mol. The van der Waals surface area contributed by atoms with Crippen LogP contribution in [0.4, 0.5) is 0 Å². The van der Waals surface area contributed by atoms with Crippen LogP contribution in [0.15, 0.2) is 34.3 Å². The average Bonchev–Trinajstić information content (AvgIpc) is 2.15. The molecular formula is C10H6Cl2O. The van der Waals surface area contributed by atoms with E-state index in [2.05, 4.69) is 0 Å². The van der Waals surface area contributed by atoms with E-state index in [9.17, 15) is 4.79 Å². The van der Waals surface area contributed by atoms with Gasteiger partial charge < -0.3 is 0 Å². The molecule has 0 heterocycles. The van der Waals surface area contributed by atoms with Crippen molar-refractivity contribution in [1.82, 2.24) is 0 Å². The van der Waals surface area contributed by atoms with Crippen molar-refractivity contribution in [1.29, 1.82) is 0 Å². The fourth-order valence-electron chi connectivity index (χ4n) is 1.38. The fourth-order valence-corrected chi connectivity index (χ4v) is 1.78. The molecule has 1 aliphatic carbocycles. The Morgan fingerprint density at radius 2 is 1.85 bits per heavy atom. The summed E-state index contributed by atoms with van der Waals surface area (Å²) >= 11 is 11.6. The van der Waals surface area contributed by atoms with Crippen molar-refractivity contribution in [2.24, 2.45) is 0 Å². The van der Waals surface area contributed by atoms with E-state index in [-0.39, 0.29) is 10.8 Å². The first-order valence-corrected chi connectivity index (χ1v) is 4.62. The van der Waals surface area contributed by atoms with Gasteiger partial charge in [-0.2, -0.15) is 0 Å². The van der Waals surface area contributed by atoms with E-state index in [4.69, 9.17) is 23.2 Å². The number of fused-ring (bicyclic) bond motifs is 1. The van der Waals surface area contributed by atoms with Gasteiger partial charge in [-0.1, -0.05) is 47.5 Å². The number of hydrogen-bond donors (Lipinski definition) is 0. The molecule has 0 saturated carbocycles. The highest BCUT2D eigenvalue weighted by Gasteiger charge is 2.22. The van der Waals surface area contributed by atoms with Gasteiger partial charge in [-0.3, -0.25) is 4.79 Å². The zero-order chi connectivity index (χ0) is 9.42. The molecule has 0 atom stereocenters. The summed E-state index contributed by atoms with van der Waals surface area (Å²) in [5.41, 5.74) is 1.61. The molecule has 0 aliphatic heterocycles. The molecule has 0 radical (unpaired) electrons. The van der Waals surface area contributed by atoms with Crippen LogP contribution in [0.5, 0.6) is 0 Å². The van der Waals surface area contributed by atoms with Crippen molar-refractivity contribution >= 4 is 29.0 Å². The maximum absolute atomic E-state index is 11.6. The molecule has 1 aromatic carbocycles. The smallest absolute Gasteiger partial charge is 0.205 e. The quantitative estimate of drug-likeness (QED) is 0.647. The van der Waals surface area contributed by atoms with E-state index in [0.717, 1.165) is 5.56 Å². The molecular weight excluding hydrogens is 207 g/mol. The second-order valence-corrected chi connectivity index (χ2v) is 3.72. The number of carbonyl (C=O) groups excluding carboxylic acids is 1. The zero-order valence-corrected chi connectivity index (χ0v) is 8.19. The third-order valence-electron chi connectivity index (χ3n) is 2.05. The number of ketones is 1. The van der Waals surface area contributed by atoms with Crippen LogP contribution < -0.4 is 0 Å². The van der Waals surface area contributed by atoms with Crippen molar-refractivity contribution < 1.29 is 4.79 Å². The summed E-state index contributed by atoms with van der Waals surface area (Å²) in [7, 11) is 0. The van der Waals surface area contributed by atoms with E-state index in [1.807, 2.05) is 18.2 Å². The Morgan fingerprint density at radius 1 is 1.15 bits per heavy atom. The third-order valence-corrected chi connectivity index (χ3v) is 2.86. The Morgan fingerprint density at radius 3 is 2.62 bits per heavy atom. The molecule has 0 fully saturated rings. The summed E-state index contributed by atoms with van der Waals surface area (Å²) < 4.78 is 0. The Kier molecular flexibility index (Phi) is 2.14. The Bertz CT molecular complexity index is 407. The predicted octanol–water partition coefficient (Wildman–Crippen LogP) is 3.11. The van der Waals surface area contributed by atoms with Gasteiger partial charge in [0.05, 0.1) is 0 Å². The van der Waals surface area contributed by atoms with Gasteiger partial charge in [0.15, 0.2) is 0 Å². The highest BCUT2D eigenvalue weighted by molar-refractivity contribution is 6.51. The van der Waals surface area contributed by atoms with E-state index >= 15 is 0 Å². The molecule has 1 aromatic rings. The van der Waals surface area contributed by atoms with E-state index in [1.165, 1.54) is 0 Å². The van der Waals surface area contributed by atoms with Gasteiger partial charge >= 0.3 is 0 Å². The second kappa shape index (κ2) is 3.17. The normalized spacial score (nSPS) is 16.0. The predicted molar refractivity (Wildman–Crippen MR) is 53.2 cm³/mol. The van der Waals surface area contributed by atoms with Crippen molar-refractivity contribution in [2.75, 3.05) is 0 Å². The molecule has 0 N–H and O–H groups in total. The minimum absolute atomic E-state index is 0.153. The molecule has 1 aliphatic rings. The molecule has 0 spiro atoms. The number of carbonyl (C=O) groups is 1. The third kappa shape index (κ3) is 1.38. The first-order valence-electron chi connectivity index (χ1n) is 3.87. The second-order valence-electron chi connectivity index (χ2n) is 2.88. The zero-order valence-electron chi connectivity index (χ0n) is 6.68. The Labute approximate surface area is 86.0 Å². The van der Waals surface area contributed by atoms with Gasteiger partial charge in [0, 0.05) is 17.0 Å². The van der Waals surface area contributed by atoms with Crippen molar-refractivity contribution in [2.45, 2.75) is 6.42 Å². The van der Waals surface area contributed by atoms with Gasteiger partial charge in [-0.25, -0.2) is 0 Å². The van der Waals surface area contributed by atoms with Crippen LogP contribution in [0.1, 0.15) is 15.9 Å². The summed E-state index contributed by atoms with van der Waals surface area (Å²) in [4.78, 5) is 11.6. The lowest BCUT2D eigenvalue weighted by Gasteiger charge is -2.14. The lowest BCUT2D eigenvalue weighted by atomic mass is 9.96. The first-order chi connectivity index (χ1) is 6.20. The van der Waals surface area contributed by atoms with Gasteiger partial charge in [0.1, 0.15) is 5.03 Å². The number of rotatable bonds is 0. The molecule has 1 nitrogen and oxygen atoms in total. The highest BCUT2D eigenvalue weighted by Crippen LogP contribution is 2.29. The standard InChI is InChI=1S/C10H6Cl2O/c11-8-5-6-3-1-2-4-7(6)10(13)9(8)12/h1-4H,5H2. The van der Waals surface area contributed by atoms with Crippen LogP contribution in [0.25, 0.3) is 0 Å². The monoisotopic (exact) mass is 212 g/mol. The van der Waals surface area contributed by atoms with Crippen molar-refractivity contribution in [3.8, 4) is 0 Å². The number of benzene rings is 1. The van der Waals surface area contributed by atoms with Gasteiger partial charge in [-0.05, 0) is 5.56 Å². The van der Waals surface area contributed by atoms with Crippen molar-refractivity contribution in [3.05, 3.63) is 45.5 Å². The van der Waals surface area contributed by atoms with Crippen LogP contribution in [0.2, 0.25) is 0 Å². The lowest BCUT2D eigenvalue weighted by Crippen LogP contribution is -2.11. The Hall–Kier alpha value is -0.790. The summed E-state index contributed by atoms with van der Waals surface area (Å²) in [6, 6.07) is 7.36. The molecule has 0 unspecified atom stereocenters. The summed E-state index contributed by atoms with van der Waals surface area (Å²) in [6.07, 6.45) is 0.558. The van der Waals surface area contributed by atoms with Crippen molar-refractivity contribution in [3.63, 3.8) is 0 Å². The van der Waals surface area contributed by atoms with E-state index in [0.29, 0.717) is 17.0 Å². The summed E-state index contributed by atoms with van der Waals surface area (Å²) in [5.74, 6) is -0.173. The van der Waals surface area contributed by atoms with Gasteiger partial charge in [-0.15, -0.1) is 0 Å². The maximum Gasteiger partial charge on any atom is 0.205 e. The molecule has 0 aromatic heterocycles. The first kappa shape index (κ1) is 8.79. The number of hydrogen-bond acceptors (Lipinski definition) is 1. The highest BCUT2D eigenvalue weighted by atomic mass is 35.5. The van der Waals surface area contributed by atoms with Crippen LogP contribution >= 0.6 is 23.2 Å².